The molecule has 0 saturated heterocycles. The minimum atomic E-state index is 0. The van der Waals surface area contributed by atoms with E-state index in [1.807, 2.05) is 0 Å². The van der Waals surface area contributed by atoms with Crippen LogP contribution in [0.15, 0.2) is 0 Å². The minimum Gasteiger partial charge on any atom is -2.00 e. The van der Waals surface area contributed by atoms with Crippen molar-refractivity contribution < 1.29 is 54.8 Å². The monoisotopic (exact) mass is 204 g/mol. The van der Waals surface area contributed by atoms with Crippen molar-refractivity contribution in [3.8, 4) is 0 Å². The fourth-order valence-electron chi connectivity index (χ4n) is 0. The molecule has 0 rings (SSSR count). The maximum absolute atomic E-state index is 0. The van der Waals surface area contributed by atoms with Crippen LogP contribution in [0.5, 0.6) is 0 Å². The first-order valence-electron chi connectivity index (χ1n) is 0. The van der Waals surface area contributed by atoms with E-state index in [-0.39, 0.29) is 72.1 Å². The number of hydrogen-bond acceptors (Lipinski definition) is 1. The molecular formula is H17AlO10. The van der Waals surface area contributed by atoms with Crippen molar-refractivity contribution in [1.82, 2.24) is 0 Å². The molecule has 0 unspecified atom stereocenters. The van der Waals surface area contributed by atoms with Crippen LogP contribution >= 0.6 is 0 Å². The van der Waals surface area contributed by atoms with Gasteiger partial charge in [0.1, 0.15) is 0 Å². The Morgan fingerprint density at radius 3 is 0.364 bits per heavy atom. The molecule has 0 spiro atoms. The molecule has 80 valence electrons. The van der Waals surface area contributed by atoms with E-state index >= 15 is 0 Å². The Balaban J connectivity index is 0. The quantitative estimate of drug-likeness (QED) is 0.340. The molecule has 0 aromatic carbocycles. The van der Waals surface area contributed by atoms with Crippen LogP contribution in [-0.4, -0.2) is 66.6 Å². The summed E-state index contributed by atoms with van der Waals surface area (Å²) < 4.78 is 0. The van der Waals surface area contributed by atoms with E-state index in [4.69, 9.17) is 0 Å². The van der Waals surface area contributed by atoms with Crippen molar-refractivity contribution in [2.45, 2.75) is 0 Å². The van der Waals surface area contributed by atoms with Gasteiger partial charge in [-0.25, -0.2) is 0 Å². The van der Waals surface area contributed by atoms with Gasteiger partial charge in [-0.1, -0.05) is 0 Å². The van der Waals surface area contributed by atoms with Crippen LogP contribution in [0, 0.1) is 0 Å². The molecular weight excluding hydrogens is 187 g/mol. The summed E-state index contributed by atoms with van der Waals surface area (Å²) in [7, 11) is 0. The summed E-state index contributed by atoms with van der Waals surface area (Å²) in [5.41, 5.74) is 0. The third-order valence-corrected chi connectivity index (χ3v) is 0. The van der Waals surface area contributed by atoms with E-state index < -0.39 is 0 Å². The topological polar surface area (TPSA) is 310 Å². The smallest absolute Gasteiger partial charge is 2.00 e. The summed E-state index contributed by atoms with van der Waals surface area (Å²) in [6, 6.07) is 0. The van der Waals surface area contributed by atoms with Gasteiger partial charge >= 0.3 is 17.4 Å². The van der Waals surface area contributed by atoms with Crippen LogP contribution < -0.4 is 0 Å². The van der Waals surface area contributed by atoms with Crippen LogP contribution in [0.25, 0.3) is 0 Å². The normalized spacial score (nSPS) is 0. The summed E-state index contributed by atoms with van der Waals surface area (Å²) >= 11 is 0. The fourth-order valence-corrected chi connectivity index (χ4v) is 0. The summed E-state index contributed by atoms with van der Waals surface area (Å²) in [6.45, 7) is 0. The second-order valence-electron chi connectivity index (χ2n) is 0. The molecule has 0 fully saturated rings. The summed E-state index contributed by atoms with van der Waals surface area (Å²) in [6.07, 6.45) is 0. The Labute approximate surface area is 73.0 Å². The predicted molar refractivity (Wildman–Crippen MR) is 37.3 cm³/mol. The van der Waals surface area contributed by atoms with E-state index in [9.17, 15) is 0 Å². The molecule has 17 N–H and O–H groups in total. The first-order valence-corrected chi connectivity index (χ1v) is 0. The molecule has 0 amide bonds. The van der Waals surface area contributed by atoms with Gasteiger partial charge in [-0.05, 0) is 0 Å². The van der Waals surface area contributed by atoms with E-state index in [0.717, 1.165) is 0 Å². The largest absolute Gasteiger partial charge is 3.00 e. The second kappa shape index (κ2) is 48200. The standard InChI is InChI=1S/Al.9H2O.O/h;9*1H2;/q+3;;;;;;;;;;-2/p-1. The molecule has 0 saturated carbocycles. The van der Waals surface area contributed by atoms with E-state index in [1.54, 1.807) is 0 Å². The molecule has 0 radical (unpaired) electrons. The second-order valence-corrected chi connectivity index (χ2v) is 0. The summed E-state index contributed by atoms with van der Waals surface area (Å²) in [5.74, 6) is 0. The Bertz CT molecular complexity index is 4.83. The minimum absolute atomic E-state index is 0. The average molecular weight is 204 g/mol. The zero-order valence-corrected chi connectivity index (χ0v) is 6.59. The molecule has 0 aliphatic carbocycles. The van der Waals surface area contributed by atoms with E-state index in [1.165, 1.54) is 0 Å². The van der Waals surface area contributed by atoms with Crippen LogP contribution in [0.3, 0.4) is 0 Å². The zero-order chi connectivity index (χ0) is 0. The fraction of sp³-hybridized carbons (Fsp3) is 0. The average Bonchev–Trinajstić information content (AvgIpc) is 0. The van der Waals surface area contributed by atoms with Crippen molar-refractivity contribution in [3.63, 3.8) is 0 Å². The maximum atomic E-state index is 0. The first kappa shape index (κ1) is 65100. The molecule has 0 bridgehead atoms. The van der Waals surface area contributed by atoms with Crippen LogP contribution in [-0.2, 0) is 5.48 Å². The van der Waals surface area contributed by atoms with Gasteiger partial charge in [0.05, 0.1) is 0 Å². The van der Waals surface area contributed by atoms with Gasteiger partial charge in [-0.15, -0.1) is 0 Å². The molecule has 0 aliphatic heterocycles. The molecule has 0 atom stereocenters. The van der Waals surface area contributed by atoms with Crippen molar-refractivity contribution in [1.29, 1.82) is 0 Å². The molecule has 11 heteroatoms. The van der Waals surface area contributed by atoms with E-state index in [0.29, 0.717) is 0 Å². The van der Waals surface area contributed by atoms with Gasteiger partial charge < -0.3 is 54.8 Å². The van der Waals surface area contributed by atoms with Crippen molar-refractivity contribution in [3.05, 3.63) is 0 Å². The maximum Gasteiger partial charge on any atom is 3.00 e. The molecule has 0 heterocycles. The Kier molecular flexibility index (Phi) is 285000000. The molecule has 0 aliphatic rings. The molecule has 0 aromatic heterocycles. The van der Waals surface area contributed by atoms with Gasteiger partial charge in [0, 0.05) is 0 Å². The van der Waals surface area contributed by atoms with Crippen molar-refractivity contribution in [2.75, 3.05) is 0 Å². The molecule has 11 heavy (non-hydrogen) atoms. The first-order chi connectivity index (χ1) is 0. The van der Waals surface area contributed by atoms with Crippen molar-refractivity contribution in [2.24, 2.45) is 0 Å². The van der Waals surface area contributed by atoms with Crippen LogP contribution in [0.1, 0.15) is 0 Å². The third kappa shape index (κ3) is 38200. The van der Waals surface area contributed by atoms with Gasteiger partial charge in [-0.3, -0.25) is 0 Å². The third-order valence-electron chi connectivity index (χ3n) is 0. The Morgan fingerprint density at radius 2 is 0.364 bits per heavy atom. The van der Waals surface area contributed by atoms with Crippen molar-refractivity contribution >= 4 is 17.4 Å². The Hall–Kier alpha value is 0.132. The number of rotatable bonds is 0. The molecule has 0 aromatic rings. The van der Waals surface area contributed by atoms with E-state index in [2.05, 4.69) is 0 Å². The van der Waals surface area contributed by atoms with Gasteiger partial charge in [-0.2, -0.15) is 0 Å². The summed E-state index contributed by atoms with van der Waals surface area (Å²) in [5, 5.41) is 0. The van der Waals surface area contributed by atoms with Crippen LogP contribution in [0.4, 0.5) is 0 Å². The molecule has 10 nitrogen and oxygen atoms in total. The van der Waals surface area contributed by atoms with Crippen LogP contribution in [0.2, 0.25) is 0 Å². The number of hydrogen-bond donors (Lipinski definition) is 0. The summed E-state index contributed by atoms with van der Waals surface area (Å²) in [4.78, 5) is 0. The zero-order valence-electron chi connectivity index (χ0n) is 5.43. The van der Waals surface area contributed by atoms with Gasteiger partial charge in [0.15, 0.2) is 0 Å². The van der Waals surface area contributed by atoms with Gasteiger partial charge in [0.25, 0.3) is 0 Å². The predicted octanol–water partition coefficient (Wildman–Crippen LogP) is -7.27. The SMILES string of the molecule is O.O.O.O.O.O.O.O.[Al+3].[O-2].[OH-]. The van der Waals surface area contributed by atoms with Gasteiger partial charge in [0.2, 0.25) is 0 Å². The Morgan fingerprint density at radius 1 is 0.364 bits per heavy atom.